The second kappa shape index (κ2) is 9.80. The first-order valence-electron chi connectivity index (χ1n) is 11.4. The molecular weight excluding hydrogens is 376 g/mol. The van der Waals surface area contributed by atoms with E-state index in [9.17, 15) is 4.79 Å². The second-order valence-corrected chi connectivity index (χ2v) is 8.93. The Bertz CT molecular complexity index is 801. The number of hydrogen-bond acceptors (Lipinski definition) is 4. The Hall–Kier alpha value is -2.11. The highest BCUT2D eigenvalue weighted by Gasteiger charge is 2.27. The van der Waals surface area contributed by atoms with Gasteiger partial charge in [-0.3, -0.25) is 9.69 Å². The highest BCUT2D eigenvalue weighted by Crippen LogP contribution is 2.24. The minimum Gasteiger partial charge on any atom is -0.461 e. The summed E-state index contributed by atoms with van der Waals surface area (Å²) in [6, 6.07) is 14.1. The molecule has 0 radical (unpaired) electrons. The number of aryl methyl sites for hydroxylation is 1. The predicted octanol–water partition coefficient (Wildman–Crippen LogP) is 4.23. The largest absolute Gasteiger partial charge is 0.461 e. The fourth-order valence-corrected chi connectivity index (χ4v) is 4.82. The molecule has 2 aromatic rings. The molecule has 2 atom stereocenters. The Balaban J connectivity index is 1.20. The van der Waals surface area contributed by atoms with Crippen molar-refractivity contribution in [3.05, 3.63) is 48.2 Å². The number of morpholine rings is 1. The van der Waals surface area contributed by atoms with E-state index < -0.39 is 0 Å². The summed E-state index contributed by atoms with van der Waals surface area (Å²) in [7, 11) is 0. The fraction of sp³-hybridized carbons (Fsp3) is 0.560. The van der Waals surface area contributed by atoms with E-state index in [1.807, 2.05) is 47.4 Å². The minimum absolute atomic E-state index is 0.250. The van der Waals surface area contributed by atoms with Gasteiger partial charge in [-0.25, -0.2) is 0 Å². The quantitative estimate of drug-likeness (QED) is 0.715. The molecule has 1 amide bonds. The average molecular weight is 411 g/mol. The number of benzene rings is 1. The second-order valence-electron chi connectivity index (χ2n) is 8.93. The molecule has 2 fully saturated rings. The summed E-state index contributed by atoms with van der Waals surface area (Å²) in [6.45, 7) is 9.26. The fourth-order valence-electron chi connectivity index (χ4n) is 4.82. The van der Waals surface area contributed by atoms with Gasteiger partial charge in [0.05, 0.1) is 12.2 Å². The molecule has 162 valence electrons. The van der Waals surface area contributed by atoms with Crippen LogP contribution in [-0.4, -0.2) is 60.6 Å². The maximum atomic E-state index is 12.7. The molecule has 30 heavy (non-hydrogen) atoms. The monoisotopic (exact) mass is 410 g/mol. The number of carbonyl (C=O) groups is 1. The van der Waals surface area contributed by atoms with Gasteiger partial charge in [0.1, 0.15) is 11.5 Å². The van der Waals surface area contributed by atoms with Crippen molar-refractivity contribution >= 4 is 5.91 Å². The number of ether oxygens (including phenoxy) is 1. The zero-order chi connectivity index (χ0) is 20.9. The first-order valence-corrected chi connectivity index (χ1v) is 11.4. The zero-order valence-electron chi connectivity index (χ0n) is 18.3. The molecule has 1 aromatic carbocycles. The topological polar surface area (TPSA) is 45.9 Å². The number of rotatable bonds is 6. The molecular formula is C25H34N2O3. The first kappa shape index (κ1) is 21.1. The number of nitrogens with zero attached hydrogens (tertiary/aromatic N) is 2. The molecule has 0 aliphatic carbocycles. The van der Waals surface area contributed by atoms with Crippen molar-refractivity contribution in [2.24, 2.45) is 5.92 Å². The Labute approximate surface area is 180 Å². The van der Waals surface area contributed by atoms with Crippen LogP contribution in [0, 0.1) is 5.92 Å². The minimum atomic E-state index is 0.250. The number of furan rings is 1. The van der Waals surface area contributed by atoms with Gasteiger partial charge < -0.3 is 14.1 Å². The number of likely N-dealkylation sites (tertiary alicyclic amines) is 1. The number of piperidine rings is 1. The van der Waals surface area contributed by atoms with Crippen LogP contribution in [0.25, 0.3) is 11.3 Å². The normalized spacial score (nSPS) is 23.6. The Morgan fingerprint density at radius 2 is 1.70 bits per heavy atom. The molecule has 2 aliphatic heterocycles. The van der Waals surface area contributed by atoms with Crippen LogP contribution in [0.3, 0.4) is 0 Å². The van der Waals surface area contributed by atoms with Gasteiger partial charge in [-0.1, -0.05) is 30.3 Å². The lowest BCUT2D eigenvalue weighted by Gasteiger charge is -2.39. The highest BCUT2D eigenvalue weighted by atomic mass is 16.5. The third-order valence-electron chi connectivity index (χ3n) is 6.28. The van der Waals surface area contributed by atoms with Gasteiger partial charge in [0.15, 0.2) is 0 Å². The average Bonchev–Trinajstić information content (AvgIpc) is 3.22. The van der Waals surface area contributed by atoms with Crippen LogP contribution in [0.1, 0.15) is 38.9 Å². The number of amides is 1. The molecule has 5 heteroatoms. The van der Waals surface area contributed by atoms with E-state index in [-0.39, 0.29) is 5.91 Å². The molecule has 5 nitrogen and oxygen atoms in total. The van der Waals surface area contributed by atoms with Crippen LogP contribution >= 0.6 is 0 Å². The number of carbonyl (C=O) groups excluding carboxylic acids is 1. The van der Waals surface area contributed by atoms with Crippen molar-refractivity contribution in [3.8, 4) is 11.3 Å². The van der Waals surface area contributed by atoms with Gasteiger partial charge in [0.25, 0.3) is 0 Å². The van der Waals surface area contributed by atoms with Gasteiger partial charge in [-0.05, 0) is 44.7 Å². The molecule has 2 aliphatic rings. The summed E-state index contributed by atoms with van der Waals surface area (Å²) >= 11 is 0. The maximum absolute atomic E-state index is 12.7. The Morgan fingerprint density at radius 3 is 2.40 bits per heavy atom. The molecule has 3 heterocycles. The van der Waals surface area contributed by atoms with E-state index in [4.69, 9.17) is 9.15 Å². The number of hydrogen-bond donors (Lipinski definition) is 0. The first-order chi connectivity index (χ1) is 14.6. The van der Waals surface area contributed by atoms with Crippen LogP contribution in [-0.2, 0) is 16.0 Å². The van der Waals surface area contributed by atoms with E-state index in [1.165, 1.54) is 0 Å². The molecule has 0 N–H and O–H groups in total. The SMILES string of the molecule is CC1CN(CC2CCN(C(=O)CCc3ccc(-c4ccccc4)o3)CC2)CC(C)O1. The van der Waals surface area contributed by atoms with Crippen molar-refractivity contribution in [2.75, 3.05) is 32.7 Å². The Morgan fingerprint density at radius 1 is 1.00 bits per heavy atom. The van der Waals surface area contributed by atoms with E-state index >= 15 is 0 Å². The maximum Gasteiger partial charge on any atom is 0.223 e. The lowest BCUT2D eigenvalue weighted by Crippen LogP contribution is -2.48. The molecule has 0 spiro atoms. The molecule has 1 aromatic heterocycles. The van der Waals surface area contributed by atoms with Crippen LogP contribution < -0.4 is 0 Å². The third-order valence-corrected chi connectivity index (χ3v) is 6.28. The smallest absolute Gasteiger partial charge is 0.223 e. The van der Waals surface area contributed by atoms with E-state index in [0.29, 0.717) is 31.0 Å². The van der Waals surface area contributed by atoms with Gasteiger partial charge in [0.2, 0.25) is 5.91 Å². The van der Waals surface area contributed by atoms with Crippen molar-refractivity contribution in [1.82, 2.24) is 9.80 Å². The van der Waals surface area contributed by atoms with E-state index in [2.05, 4.69) is 18.7 Å². The van der Waals surface area contributed by atoms with Crippen LogP contribution in [0.4, 0.5) is 0 Å². The van der Waals surface area contributed by atoms with Crippen molar-refractivity contribution in [2.45, 2.75) is 51.7 Å². The molecule has 2 saturated heterocycles. The van der Waals surface area contributed by atoms with E-state index in [0.717, 1.165) is 62.6 Å². The summed E-state index contributed by atoms with van der Waals surface area (Å²) < 4.78 is 11.8. The molecule has 0 saturated carbocycles. The summed E-state index contributed by atoms with van der Waals surface area (Å²) in [6.07, 6.45) is 4.02. The van der Waals surface area contributed by atoms with E-state index in [1.54, 1.807) is 0 Å². The third kappa shape index (κ3) is 5.52. The van der Waals surface area contributed by atoms with Gasteiger partial charge in [-0.15, -0.1) is 0 Å². The standard InChI is InChI=1S/C25H34N2O3/c1-19-16-26(17-20(2)29-19)18-21-12-14-27(15-13-21)25(28)11-9-23-8-10-24(30-23)22-6-4-3-5-7-22/h3-8,10,19-21H,9,11-18H2,1-2H3. The molecule has 0 bridgehead atoms. The molecule has 2 unspecified atom stereocenters. The van der Waals surface area contributed by atoms with Crippen molar-refractivity contribution in [1.29, 1.82) is 0 Å². The van der Waals surface area contributed by atoms with Crippen LogP contribution in [0.15, 0.2) is 46.9 Å². The van der Waals surface area contributed by atoms with Crippen LogP contribution in [0.5, 0.6) is 0 Å². The summed E-state index contributed by atoms with van der Waals surface area (Å²) in [5, 5.41) is 0. The predicted molar refractivity (Wildman–Crippen MR) is 118 cm³/mol. The molecule has 4 rings (SSSR count). The summed E-state index contributed by atoms with van der Waals surface area (Å²) in [5.41, 5.74) is 1.07. The van der Waals surface area contributed by atoms with Gasteiger partial charge in [-0.2, -0.15) is 0 Å². The van der Waals surface area contributed by atoms with Crippen molar-refractivity contribution in [3.63, 3.8) is 0 Å². The van der Waals surface area contributed by atoms with Crippen LogP contribution in [0.2, 0.25) is 0 Å². The van der Waals surface area contributed by atoms with Gasteiger partial charge in [0, 0.05) is 51.1 Å². The van der Waals surface area contributed by atoms with Gasteiger partial charge >= 0.3 is 0 Å². The Kier molecular flexibility index (Phi) is 6.90. The summed E-state index contributed by atoms with van der Waals surface area (Å²) in [4.78, 5) is 17.3. The highest BCUT2D eigenvalue weighted by molar-refractivity contribution is 5.76. The van der Waals surface area contributed by atoms with Crippen molar-refractivity contribution < 1.29 is 13.9 Å². The zero-order valence-corrected chi connectivity index (χ0v) is 18.3. The lowest BCUT2D eigenvalue weighted by atomic mass is 9.95. The lowest BCUT2D eigenvalue weighted by molar-refractivity contribution is -0.132. The summed E-state index contributed by atoms with van der Waals surface area (Å²) in [5.74, 6) is 2.68.